The quantitative estimate of drug-likeness (QED) is 0.792. The van der Waals surface area contributed by atoms with Crippen LogP contribution in [0.15, 0.2) is 0 Å². The van der Waals surface area contributed by atoms with Crippen molar-refractivity contribution in [3.8, 4) is 0 Å². The lowest BCUT2D eigenvalue weighted by Gasteiger charge is -2.27. The van der Waals surface area contributed by atoms with Crippen LogP contribution in [0.25, 0.3) is 0 Å². The van der Waals surface area contributed by atoms with Gasteiger partial charge in [-0.15, -0.1) is 0 Å². The van der Waals surface area contributed by atoms with Gasteiger partial charge in [-0.1, -0.05) is 20.3 Å². The fourth-order valence-corrected chi connectivity index (χ4v) is 3.77. The van der Waals surface area contributed by atoms with Crippen molar-refractivity contribution in [2.75, 3.05) is 13.1 Å². The number of hydrogen-bond acceptors (Lipinski definition) is 2. The van der Waals surface area contributed by atoms with E-state index in [2.05, 4.69) is 18.7 Å². The van der Waals surface area contributed by atoms with E-state index in [4.69, 9.17) is 5.11 Å². The van der Waals surface area contributed by atoms with Crippen LogP contribution in [-0.2, 0) is 4.79 Å². The van der Waals surface area contributed by atoms with Crippen LogP contribution in [-0.4, -0.2) is 35.1 Å². The lowest BCUT2D eigenvalue weighted by atomic mass is 9.85. The highest BCUT2D eigenvalue weighted by atomic mass is 16.4. The van der Waals surface area contributed by atoms with Crippen LogP contribution in [0, 0.1) is 11.3 Å². The Bertz CT molecular complexity index is 314. The summed E-state index contributed by atoms with van der Waals surface area (Å²) in [6.07, 6.45) is 9.14. The standard InChI is InChI=1S/C16H29NO2/c1-16(2)9-3-4-14(7-10-16)17-11-8-13(12-17)5-6-15(18)19/h13-14H,3-12H2,1-2H3,(H,18,19). The first-order valence-electron chi connectivity index (χ1n) is 7.92. The van der Waals surface area contributed by atoms with E-state index < -0.39 is 5.97 Å². The van der Waals surface area contributed by atoms with E-state index >= 15 is 0 Å². The summed E-state index contributed by atoms with van der Waals surface area (Å²) < 4.78 is 0. The van der Waals surface area contributed by atoms with Crippen molar-refractivity contribution in [1.82, 2.24) is 4.90 Å². The molecule has 0 aromatic rings. The molecule has 1 saturated carbocycles. The fraction of sp³-hybridized carbons (Fsp3) is 0.938. The van der Waals surface area contributed by atoms with Crippen molar-refractivity contribution in [3.05, 3.63) is 0 Å². The Hall–Kier alpha value is -0.570. The summed E-state index contributed by atoms with van der Waals surface area (Å²) in [6.45, 7) is 7.12. The monoisotopic (exact) mass is 267 g/mol. The topological polar surface area (TPSA) is 40.5 Å². The zero-order valence-corrected chi connectivity index (χ0v) is 12.5. The van der Waals surface area contributed by atoms with Crippen LogP contribution in [0.5, 0.6) is 0 Å². The van der Waals surface area contributed by atoms with Crippen LogP contribution in [0.1, 0.15) is 65.2 Å². The van der Waals surface area contributed by atoms with Crippen LogP contribution >= 0.6 is 0 Å². The van der Waals surface area contributed by atoms with Gasteiger partial charge in [0.15, 0.2) is 0 Å². The summed E-state index contributed by atoms with van der Waals surface area (Å²) in [5.74, 6) is -0.0259. The van der Waals surface area contributed by atoms with Gasteiger partial charge in [0, 0.05) is 19.0 Å². The molecule has 0 spiro atoms. The number of aliphatic carboxylic acids is 1. The van der Waals surface area contributed by atoms with Gasteiger partial charge in [-0.2, -0.15) is 0 Å². The SMILES string of the molecule is CC1(C)CCCC(N2CCC(CCC(=O)O)C2)CC1. The minimum Gasteiger partial charge on any atom is -0.481 e. The van der Waals surface area contributed by atoms with Crippen LogP contribution in [0.3, 0.4) is 0 Å². The van der Waals surface area contributed by atoms with E-state index in [1.807, 2.05) is 0 Å². The first kappa shape index (κ1) is 14.8. The Morgan fingerprint density at radius 3 is 2.79 bits per heavy atom. The van der Waals surface area contributed by atoms with E-state index in [1.165, 1.54) is 45.1 Å². The minimum absolute atomic E-state index is 0.343. The van der Waals surface area contributed by atoms with Gasteiger partial charge in [0.1, 0.15) is 0 Å². The molecule has 2 unspecified atom stereocenters. The molecular weight excluding hydrogens is 238 g/mol. The zero-order valence-electron chi connectivity index (χ0n) is 12.5. The fourth-order valence-electron chi connectivity index (χ4n) is 3.77. The average Bonchev–Trinajstić information content (AvgIpc) is 2.72. The zero-order chi connectivity index (χ0) is 13.9. The summed E-state index contributed by atoms with van der Waals surface area (Å²) in [5.41, 5.74) is 0.525. The molecule has 0 amide bonds. The highest BCUT2D eigenvalue weighted by Gasteiger charge is 2.31. The predicted molar refractivity (Wildman–Crippen MR) is 77.2 cm³/mol. The predicted octanol–water partition coefficient (Wildman–Crippen LogP) is 3.53. The van der Waals surface area contributed by atoms with Gasteiger partial charge in [0.2, 0.25) is 0 Å². The van der Waals surface area contributed by atoms with Gasteiger partial charge in [0.25, 0.3) is 0 Å². The average molecular weight is 267 g/mol. The highest BCUT2D eigenvalue weighted by molar-refractivity contribution is 5.66. The lowest BCUT2D eigenvalue weighted by Crippen LogP contribution is -2.33. The molecule has 0 aromatic carbocycles. The molecule has 3 heteroatoms. The molecule has 1 aliphatic carbocycles. The number of hydrogen-bond donors (Lipinski definition) is 1. The molecule has 1 heterocycles. The van der Waals surface area contributed by atoms with Crippen LogP contribution < -0.4 is 0 Å². The largest absolute Gasteiger partial charge is 0.481 e. The third kappa shape index (κ3) is 4.48. The summed E-state index contributed by atoms with van der Waals surface area (Å²) >= 11 is 0. The number of carboxylic acid groups (broad SMARTS) is 1. The van der Waals surface area contributed by atoms with Crippen LogP contribution in [0.4, 0.5) is 0 Å². The molecule has 2 fully saturated rings. The molecule has 19 heavy (non-hydrogen) atoms. The van der Waals surface area contributed by atoms with Crippen molar-refractivity contribution < 1.29 is 9.90 Å². The van der Waals surface area contributed by atoms with Crippen molar-refractivity contribution in [2.45, 2.75) is 71.3 Å². The second kappa shape index (κ2) is 6.25. The Balaban J connectivity index is 1.78. The summed E-state index contributed by atoms with van der Waals surface area (Å²) in [6, 6.07) is 0.761. The highest BCUT2D eigenvalue weighted by Crippen LogP contribution is 2.36. The molecule has 1 N–H and O–H groups in total. The van der Waals surface area contributed by atoms with E-state index in [9.17, 15) is 4.79 Å². The summed E-state index contributed by atoms with van der Waals surface area (Å²) in [4.78, 5) is 13.3. The molecule has 0 radical (unpaired) electrons. The normalized spacial score (nSPS) is 32.1. The second-order valence-corrected chi connectivity index (χ2v) is 7.33. The van der Waals surface area contributed by atoms with Gasteiger partial charge in [0.05, 0.1) is 0 Å². The van der Waals surface area contributed by atoms with Gasteiger partial charge >= 0.3 is 5.97 Å². The van der Waals surface area contributed by atoms with Gasteiger partial charge in [-0.25, -0.2) is 0 Å². The Morgan fingerprint density at radius 1 is 1.26 bits per heavy atom. The molecule has 1 saturated heterocycles. The number of rotatable bonds is 4. The first-order chi connectivity index (χ1) is 8.96. The number of nitrogens with zero attached hydrogens (tertiary/aromatic N) is 1. The molecule has 0 bridgehead atoms. The van der Waals surface area contributed by atoms with E-state index in [0.29, 0.717) is 17.8 Å². The number of carboxylic acids is 1. The maximum Gasteiger partial charge on any atom is 0.303 e. The Labute approximate surface area is 117 Å². The van der Waals surface area contributed by atoms with Gasteiger partial charge in [-0.3, -0.25) is 4.79 Å². The molecule has 0 aromatic heterocycles. The van der Waals surface area contributed by atoms with Crippen LogP contribution in [0.2, 0.25) is 0 Å². The van der Waals surface area contributed by atoms with E-state index in [-0.39, 0.29) is 0 Å². The maximum absolute atomic E-state index is 10.6. The van der Waals surface area contributed by atoms with Crippen molar-refractivity contribution in [1.29, 1.82) is 0 Å². The first-order valence-corrected chi connectivity index (χ1v) is 7.92. The molecule has 110 valence electrons. The molecule has 2 aliphatic rings. The Kier molecular flexibility index (Phi) is 4.88. The van der Waals surface area contributed by atoms with Gasteiger partial charge < -0.3 is 10.0 Å². The molecular formula is C16H29NO2. The number of likely N-dealkylation sites (tertiary alicyclic amines) is 1. The summed E-state index contributed by atoms with van der Waals surface area (Å²) in [5, 5.41) is 8.77. The third-order valence-corrected chi connectivity index (χ3v) is 5.15. The van der Waals surface area contributed by atoms with E-state index in [1.54, 1.807) is 0 Å². The summed E-state index contributed by atoms with van der Waals surface area (Å²) in [7, 11) is 0. The lowest BCUT2D eigenvalue weighted by molar-refractivity contribution is -0.137. The van der Waals surface area contributed by atoms with Gasteiger partial charge in [-0.05, 0) is 56.4 Å². The molecule has 2 atom stereocenters. The number of carbonyl (C=O) groups is 1. The van der Waals surface area contributed by atoms with E-state index in [0.717, 1.165) is 19.0 Å². The smallest absolute Gasteiger partial charge is 0.303 e. The third-order valence-electron chi connectivity index (χ3n) is 5.15. The second-order valence-electron chi connectivity index (χ2n) is 7.33. The van der Waals surface area contributed by atoms with Crippen molar-refractivity contribution in [3.63, 3.8) is 0 Å². The maximum atomic E-state index is 10.6. The minimum atomic E-state index is -0.644. The Morgan fingerprint density at radius 2 is 2.05 bits per heavy atom. The molecule has 2 rings (SSSR count). The molecule has 3 nitrogen and oxygen atoms in total. The molecule has 1 aliphatic heterocycles. The van der Waals surface area contributed by atoms with Crippen molar-refractivity contribution >= 4 is 5.97 Å². The van der Waals surface area contributed by atoms with Crippen molar-refractivity contribution in [2.24, 2.45) is 11.3 Å².